The lowest BCUT2D eigenvalue weighted by Crippen LogP contribution is -2.08. The molecule has 0 saturated heterocycles. The molecule has 0 radical (unpaired) electrons. The predicted octanol–water partition coefficient (Wildman–Crippen LogP) is 4.85. The summed E-state index contributed by atoms with van der Waals surface area (Å²) in [6.45, 7) is 1.94. The van der Waals surface area contributed by atoms with Gasteiger partial charge in [-0.25, -0.2) is 0 Å². The molecule has 0 unspecified atom stereocenters. The number of fused-ring (bicyclic) bond motifs is 1. The number of amides is 1. The van der Waals surface area contributed by atoms with Crippen molar-refractivity contribution in [2.75, 3.05) is 5.32 Å². The van der Waals surface area contributed by atoms with Gasteiger partial charge >= 0.3 is 0 Å². The van der Waals surface area contributed by atoms with Crippen LogP contribution in [0.5, 0.6) is 0 Å². The van der Waals surface area contributed by atoms with Crippen LogP contribution >= 0.6 is 11.6 Å². The van der Waals surface area contributed by atoms with Crippen LogP contribution < -0.4 is 5.32 Å². The third-order valence-electron chi connectivity index (χ3n) is 3.45. The average Bonchev–Trinajstić information content (AvgIpc) is 2.54. The molecule has 0 aliphatic carbocycles. The molecule has 0 fully saturated rings. The largest absolute Gasteiger partial charge is 0.322 e. The molecule has 0 aliphatic rings. The Morgan fingerprint density at radius 3 is 2.74 bits per heavy atom. The van der Waals surface area contributed by atoms with Crippen molar-refractivity contribution in [2.45, 2.75) is 6.92 Å². The van der Waals surface area contributed by atoms with Crippen molar-refractivity contribution in [2.24, 2.45) is 0 Å². The van der Waals surface area contributed by atoms with Gasteiger partial charge in [-0.05, 0) is 48.9 Å². The molecule has 0 spiro atoms. The van der Waals surface area contributed by atoms with Crippen molar-refractivity contribution in [3.8, 4) is 0 Å². The van der Waals surface area contributed by atoms with Gasteiger partial charge < -0.3 is 5.32 Å². The lowest BCUT2D eigenvalue weighted by atomic mass is 10.1. The highest BCUT2D eigenvalue weighted by Gasteiger charge is 2.04. The molecule has 0 atom stereocenters. The number of hydrogen-bond acceptors (Lipinski definition) is 2. The maximum absolute atomic E-state index is 12.1. The van der Waals surface area contributed by atoms with Crippen molar-refractivity contribution in [3.63, 3.8) is 0 Å². The second kappa shape index (κ2) is 6.63. The fourth-order valence-electron chi connectivity index (χ4n) is 2.32. The van der Waals surface area contributed by atoms with Crippen LogP contribution in [0.25, 0.3) is 17.0 Å². The summed E-state index contributed by atoms with van der Waals surface area (Å²) in [7, 11) is 0. The number of pyridine rings is 1. The second-order valence-corrected chi connectivity index (χ2v) is 5.58. The maximum Gasteiger partial charge on any atom is 0.248 e. The van der Waals surface area contributed by atoms with E-state index >= 15 is 0 Å². The zero-order valence-electron chi connectivity index (χ0n) is 12.6. The Balaban J connectivity index is 1.82. The van der Waals surface area contributed by atoms with E-state index in [9.17, 15) is 4.79 Å². The number of hydrogen-bond donors (Lipinski definition) is 1. The van der Waals surface area contributed by atoms with E-state index in [1.54, 1.807) is 12.1 Å². The highest BCUT2D eigenvalue weighted by atomic mass is 35.5. The number of nitrogens with one attached hydrogen (secondary N) is 1. The SMILES string of the molecule is Cc1ccc2c(NC(=O)/C=C/c3ccccc3Cl)cccc2n1. The van der Waals surface area contributed by atoms with Gasteiger partial charge in [-0.2, -0.15) is 0 Å². The maximum atomic E-state index is 12.1. The molecule has 1 aromatic heterocycles. The van der Waals surface area contributed by atoms with Crippen LogP contribution in [0.1, 0.15) is 11.3 Å². The fraction of sp³-hybridized carbons (Fsp3) is 0.0526. The molecular weight excluding hydrogens is 308 g/mol. The van der Waals surface area contributed by atoms with Gasteiger partial charge in [0.2, 0.25) is 5.91 Å². The van der Waals surface area contributed by atoms with Gasteiger partial charge in [0.05, 0.1) is 11.2 Å². The highest BCUT2D eigenvalue weighted by molar-refractivity contribution is 6.32. The summed E-state index contributed by atoms with van der Waals surface area (Å²) in [5, 5.41) is 4.41. The van der Waals surface area contributed by atoms with Crippen molar-refractivity contribution in [3.05, 3.63) is 77.0 Å². The molecule has 3 aromatic rings. The van der Waals surface area contributed by atoms with E-state index in [0.29, 0.717) is 5.02 Å². The Kier molecular flexibility index (Phi) is 4.40. The van der Waals surface area contributed by atoms with E-state index in [2.05, 4.69) is 10.3 Å². The molecule has 4 heteroatoms. The van der Waals surface area contributed by atoms with E-state index in [1.165, 1.54) is 6.08 Å². The van der Waals surface area contributed by atoms with Crippen LogP contribution in [-0.2, 0) is 4.79 Å². The molecule has 1 N–H and O–H groups in total. The van der Waals surface area contributed by atoms with Crippen LogP contribution in [0.4, 0.5) is 5.69 Å². The standard InChI is InChI=1S/C19H15ClN2O/c1-13-9-11-15-17(21-13)7-4-8-18(15)22-19(23)12-10-14-5-2-3-6-16(14)20/h2-12H,1H3,(H,22,23)/b12-10+. The quantitative estimate of drug-likeness (QED) is 0.700. The Morgan fingerprint density at radius 2 is 1.91 bits per heavy atom. The molecule has 23 heavy (non-hydrogen) atoms. The lowest BCUT2D eigenvalue weighted by molar-refractivity contribution is -0.111. The minimum atomic E-state index is -0.210. The third kappa shape index (κ3) is 3.58. The number of anilines is 1. The number of halogens is 1. The first-order chi connectivity index (χ1) is 11.1. The molecule has 2 aromatic carbocycles. The Morgan fingerprint density at radius 1 is 1.09 bits per heavy atom. The minimum Gasteiger partial charge on any atom is -0.322 e. The monoisotopic (exact) mass is 322 g/mol. The molecule has 3 nitrogen and oxygen atoms in total. The smallest absolute Gasteiger partial charge is 0.248 e. The average molecular weight is 323 g/mol. The van der Waals surface area contributed by atoms with Crippen LogP contribution in [0, 0.1) is 6.92 Å². The molecular formula is C19H15ClN2O. The van der Waals surface area contributed by atoms with Gasteiger partial charge in [0.25, 0.3) is 0 Å². The van der Waals surface area contributed by atoms with Crippen molar-refractivity contribution < 1.29 is 4.79 Å². The second-order valence-electron chi connectivity index (χ2n) is 5.17. The Hall–Kier alpha value is -2.65. The summed E-state index contributed by atoms with van der Waals surface area (Å²) in [5.41, 5.74) is 3.35. The van der Waals surface area contributed by atoms with Crippen molar-refractivity contribution in [1.29, 1.82) is 0 Å². The first kappa shape index (κ1) is 15.3. The Labute approximate surface area is 139 Å². The molecule has 0 bridgehead atoms. The minimum absolute atomic E-state index is 0.210. The molecule has 3 rings (SSSR count). The summed E-state index contributed by atoms with van der Waals surface area (Å²) in [6.07, 6.45) is 3.17. The fourth-order valence-corrected chi connectivity index (χ4v) is 2.51. The van der Waals surface area contributed by atoms with Crippen molar-refractivity contribution >= 4 is 40.2 Å². The summed E-state index contributed by atoms with van der Waals surface area (Å²) in [5.74, 6) is -0.210. The van der Waals surface area contributed by atoms with Gasteiger partial charge in [-0.3, -0.25) is 9.78 Å². The molecule has 0 saturated carbocycles. The number of carbonyl (C=O) groups excluding carboxylic acids is 1. The van der Waals surface area contributed by atoms with E-state index in [4.69, 9.17) is 11.6 Å². The zero-order valence-corrected chi connectivity index (χ0v) is 13.3. The van der Waals surface area contributed by atoms with Gasteiger partial charge in [0.1, 0.15) is 0 Å². The summed E-state index contributed by atoms with van der Waals surface area (Å²) in [6, 6.07) is 16.9. The van der Waals surface area contributed by atoms with Crippen LogP contribution in [0.15, 0.2) is 60.7 Å². The zero-order chi connectivity index (χ0) is 16.2. The lowest BCUT2D eigenvalue weighted by Gasteiger charge is -2.07. The number of carbonyl (C=O) groups is 1. The van der Waals surface area contributed by atoms with Gasteiger partial charge in [0.15, 0.2) is 0 Å². The van der Waals surface area contributed by atoms with E-state index in [-0.39, 0.29) is 5.91 Å². The summed E-state index contributed by atoms with van der Waals surface area (Å²) >= 11 is 6.07. The van der Waals surface area contributed by atoms with Gasteiger partial charge in [-0.1, -0.05) is 35.9 Å². The van der Waals surface area contributed by atoms with Crippen LogP contribution in [-0.4, -0.2) is 10.9 Å². The number of aromatic nitrogens is 1. The summed E-state index contributed by atoms with van der Waals surface area (Å²) in [4.78, 5) is 16.6. The molecule has 0 aliphatic heterocycles. The number of benzene rings is 2. The van der Waals surface area contributed by atoms with E-state index in [0.717, 1.165) is 27.8 Å². The summed E-state index contributed by atoms with van der Waals surface area (Å²) < 4.78 is 0. The molecule has 114 valence electrons. The predicted molar refractivity (Wildman–Crippen MR) is 95.6 cm³/mol. The van der Waals surface area contributed by atoms with E-state index in [1.807, 2.05) is 55.5 Å². The Bertz CT molecular complexity index is 903. The van der Waals surface area contributed by atoms with Crippen LogP contribution in [0.2, 0.25) is 5.02 Å². The number of rotatable bonds is 3. The van der Waals surface area contributed by atoms with Gasteiger partial charge in [0, 0.05) is 22.2 Å². The number of aryl methyl sites for hydroxylation is 1. The molecule has 1 amide bonds. The van der Waals surface area contributed by atoms with Crippen LogP contribution in [0.3, 0.4) is 0 Å². The van der Waals surface area contributed by atoms with Crippen molar-refractivity contribution in [1.82, 2.24) is 4.98 Å². The third-order valence-corrected chi connectivity index (χ3v) is 3.79. The van der Waals surface area contributed by atoms with E-state index < -0.39 is 0 Å². The number of nitrogens with zero attached hydrogens (tertiary/aromatic N) is 1. The highest BCUT2D eigenvalue weighted by Crippen LogP contribution is 2.22. The normalized spacial score (nSPS) is 11.0. The van der Waals surface area contributed by atoms with Gasteiger partial charge in [-0.15, -0.1) is 0 Å². The first-order valence-corrected chi connectivity index (χ1v) is 7.61. The first-order valence-electron chi connectivity index (χ1n) is 7.23. The topological polar surface area (TPSA) is 42.0 Å². The molecule has 1 heterocycles.